The summed E-state index contributed by atoms with van der Waals surface area (Å²) in [5.41, 5.74) is 5.15. The number of hydrogen-bond acceptors (Lipinski definition) is 6. The van der Waals surface area contributed by atoms with Crippen LogP contribution in [0.1, 0.15) is 45.4 Å². The van der Waals surface area contributed by atoms with Crippen LogP contribution in [0.3, 0.4) is 0 Å². The van der Waals surface area contributed by atoms with Crippen LogP contribution in [0, 0.1) is 12.3 Å². The summed E-state index contributed by atoms with van der Waals surface area (Å²) in [5, 5.41) is 17.0. The number of benzene rings is 1. The van der Waals surface area contributed by atoms with E-state index in [0.717, 1.165) is 23.4 Å². The molecule has 0 aliphatic carbocycles. The highest BCUT2D eigenvalue weighted by Gasteiger charge is 2.39. The van der Waals surface area contributed by atoms with Crippen LogP contribution in [0.25, 0.3) is 10.4 Å². The molecular weight excluding hydrogens is 535 g/mol. The Hall–Kier alpha value is -1.07. The largest absolute Gasteiger partial charge is 0.392 e. The predicted molar refractivity (Wildman–Crippen MR) is 140 cm³/mol. The Balaban J connectivity index is 1.61. The van der Waals surface area contributed by atoms with Gasteiger partial charge in [-0.1, -0.05) is 67.6 Å². The summed E-state index contributed by atoms with van der Waals surface area (Å²) in [6, 6.07) is 8.18. The van der Waals surface area contributed by atoms with Crippen LogP contribution in [0.15, 0.2) is 29.8 Å². The second-order valence-corrected chi connectivity index (χ2v) is 12.5. The summed E-state index contributed by atoms with van der Waals surface area (Å²) in [4.78, 5) is 20.7. The van der Waals surface area contributed by atoms with Crippen molar-refractivity contribution in [2.75, 3.05) is 13.1 Å². The predicted octanol–water partition coefficient (Wildman–Crippen LogP) is 3.96. The van der Waals surface area contributed by atoms with E-state index in [0.29, 0.717) is 23.6 Å². The summed E-state index contributed by atoms with van der Waals surface area (Å²) in [5.74, 6) is -0.0147. The number of aryl methyl sites for hydroxylation is 1. The van der Waals surface area contributed by atoms with Crippen molar-refractivity contribution in [2.24, 2.45) is 5.41 Å². The average molecular weight is 571 g/mol. The molecule has 1 amide bonds. The van der Waals surface area contributed by atoms with Crippen LogP contribution in [0.5, 0.6) is 0 Å². The van der Waals surface area contributed by atoms with Crippen LogP contribution in [0.2, 0.25) is 0 Å². The first-order valence-electron chi connectivity index (χ1n) is 11.1. The van der Waals surface area contributed by atoms with Crippen molar-refractivity contribution >= 4 is 39.8 Å². The first-order valence-corrected chi connectivity index (χ1v) is 13.3. The lowest BCUT2D eigenvalue weighted by atomic mass is 9.86. The van der Waals surface area contributed by atoms with Gasteiger partial charge in [-0.3, -0.25) is 9.69 Å². The van der Waals surface area contributed by atoms with Gasteiger partial charge in [-0.15, -0.1) is 11.3 Å². The second kappa shape index (κ2) is 10.9. The minimum atomic E-state index is -0.467. The minimum Gasteiger partial charge on any atom is -0.392 e. The van der Waals surface area contributed by atoms with Gasteiger partial charge in [-0.25, -0.2) is 4.98 Å². The van der Waals surface area contributed by atoms with Crippen LogP contribution < -0.4 is 10.6 Å². The zero-order valence-electron chi connectivity index (χ0n) is 19.6. The molecule has 6 nitrogen and oxygen atoms in total. The van der Waals surface area contributed by atoms with Crippen molar-refractivity contribution in [2.45, 2.75) is 69.8 Å². The Morgan fingerprint density at radius 3 is 2.59 bits per heavy atom. The third kappa shape index (κ3) is 6.72. The van der Waals surface area contributed by atoms with Crippen molar-refractivity contribution < 1.29 is 9.90 Å². The lowest BCUT2D eigenvalue weighted by Crippen LogP contribution is -2.53. The molecule has 8 heteroatoms. The molecule has 1 aromatic carbocycles. The molecule has 1 aliphatic rings. The molecule has 32 heavy (non-hydrogen) atoms. The number of carbonyl (C=O) groups is 1. The van der Waals surface area contributed by atoms with Crippen molar-refractivity contribution in [3.63, 3.8) is 0 Å². The van der Waals surface area contributed by atoms with E-state index in [1.165, 1.54) is 4.88 Å². The van der Waals surface area contributed by atoms with Crippen LogP contribution in [-0.2, 0) is 11.3 Å². The van der Waals surface area contributed by atoms with Gasteiger partial charge >= 0.3 is 0 Å². The third-order valence-electron chi connectivity index (χ3n) is 6.01. The Morgan fingerprint density at radius 2 is 2.03 bits per heavy atom. The van der Waals surface area contributed by atoms with E-state index in [1.54, 1.807) is 11.3 Å². The van der Waals surface area contributed by atoms with Gasteiger partial charge in [0.25, 0.3) is 0 Å². The Kier molecular flexibility index (Phi) is 8.71. The van der Waals surface area contributed by atoms with Gasteiger partial charge in [-0.05, 0) is 36.8 Å². The first kappa shape index (κ1) is 25.6. The SMILES string of the molecule is Cc1ncsc1-c1ccc(CNC(=O)[C@@H]2C[C@@H](O)CN2CC(NC(C)I)C(C)(C)C)cc1. The van der Waals surface area contributed by atoms with Gasteiger partial charge in [0.1, 0.15) is 0 Å². The van der Waals surface area contributed by atoms with Crippen molar-refractivity contribution in [1.82, 2.24) is 20.5 Å². The lowest BCUT2D eigenvalue weighted by molar-refractivity contribution is -0.125. The number of hydrogen-bond donors (Lipinski definition) is 3. The van der Waals surface area contributed by atoms with Crippen molar-refractivity contribution in [3.05, 3.63) is 41.0 Å². The molecule has 0 radical (unpaired) electrons. The molecule has 1 aromatic heterocycles. The molecule has 1 aliphatic heterocycles. The lowest BCUT2D eigenvalue weighted by Gasteiger charge is -2.37. The average Bonchev–Trinajstić information content (AvgIpc) is 3.30. The Bertz CT molecular complexity index is 894. The smallest absolute Gasteiger partial charge is 0.237 e. The van der Waals surface area contributed by atoms with Crippen LogP contribution in [0.4, 0.5) is 0 Å². The van der Waals surface area contributed by atoms with E-state index in [4.69, 9.17) is 0 Å². The van der Waals surface area contributed by atoms with Gasteiger partial charge in [0.15, 0.2) is 0 Å². The summed E-state index contributed by atoms with van der Waals surface area (Å²) in [6.45, 7) is 12.5. The maximum atomic E-state index is 13.0. The van der Waals surface area contributed by atoms with Gasteiger partial charge in [0.2, 0.25) is 5.91 Å². The number of alkyl halides is 1. The number of nitrogens with zero attached hydrogens (tertiary/aromatic N) is 2. The topological polar surface area (TPSA) is 77.5 Å². The molecule has 2 aromatic rings. The normalized spacial score (nSPS) is 21.5. The monoisotopic (exact) mass is 570 g/mol. The van der Waals surface area contributed by atoms with Gasteiger partial charge in [0, 0.05) is 25.7 Å². The number of aliphatic hydroxyl groups excluding tert-OH is 1. The maximum absolute atomic E-state index is 13.0. The molecule has 4 atom stereocenters. The number of aromatic nitrogens is 1. The minimum absolute atomic E-state index is 0.0147. The van der Waals surface area contributed by atoms with Gasteiger partial charge in [-0.2, -0.15) is 0 Å². The van der Waals surface area contributed by atoms with E-state index in [2.05, 4.69) is 95.1 Å². The number of thiazole rings is 1. The molecule has 0 spiro atoms. The third-order valence-corrected chi connectivity index (χ3v) is 7.34. The standard InChI is InChI=1S/C24H35IN4O2S/c1-15-22(32-14-27-15)18-8-6-17(7-9-18)11-26-23(31)20-10-19(30)12-29(20)13-21(24(3,4)5)28-16(2)25/h6-9,14,16,19-21,28,30H,10-13H2,1-5H3,(H,26,31)/t16?,19-,20+,21?/m1/s1. The fourth-order valence-corrected chi connectivity index (χ4v) is 5.35. The molecule has 0 saturated carbocycles. The van der Waals surface area contributed by atoms with Crippen LogP contribution >= 0.6 is 33.9 Å². The molecular formula is C24H35IN4O2S. The van der Waals surface area contributed by atoms with E-state index in [9.17, 15) is 9.90 Å². The highest BCUT2D eigenvalue weighted by Crippen LogP contribution is 2.28. The highest BCUT2D eigenvalue weighted by atomic mass is 127. The molecule has 2 unspecified atom stereocenters. The number of amides is 1. The molecule has 3 rings (SSSR count). The fraction of sp³-hybridized carbons (Fsp3) is 0.583. The zero-order chi connectivity index (χ0) is 23.5. The molecule has 2 heterocycles. The summed E-state index contributed by atoms with van der Waals surface area (Å²) >= 11 is 4.01. The van der Waals surface area contributed by atoms with E-state index >= 15 is 0 Å². The highest BCUT2D eigenvalue weighted by molar-refractivity contribution is 14.1. The summed E-state index contributed by atoms with van der Waals surface area (Å²) in [6.07, 6.45) is 0.0110. The number of rotatable bonds is 8. The first-order chi connectivity index (χ1) is 15.0. The maximum Gasteiger partial charge on any atom is 0.237 e. The van der Waals surface area contributed by atoms with Crippen molar-refractivity contribution in [3.8, 4) is 10.4 Å². The van der Waals surface area contributed by atoms with E-state index < -0.39 is 6.10 Å². The Morgan fingerprint density at radius 1 is 1.34 bits per heavy atom. The fourth-order valence-electron chi connectivity index (χ4n) is 4.10. The van der Waals surface area contributed by atoms with E-state index in [-0.39, 0.29) is 23.4 Å². The van der Waals surface area contributed by atoms with E-state index in [1.807, 2.05) is 12.4 Å². The molecule has 3 N–H and O–H groups in total. The second-order valence-electron chi connectivity index (χ2n) is 9.74. The molecule has 176 valence electrons. The Labute approximate surface area is 209 Å². The quantitative estimate of drug-likeness (QED) is 0.255. The summed E-state index contributed by atoms with van der Waals surface area (Å²) in [7, 11) is 0. The summed E-state index contributed by atoms with van der Waals surface area (Å²) < 4.78 is 0.327. The zero-order valence-corrected chi connectivity index (χ0v) is 22.5. The number of halogens is 1. The van der Waals surface area contributed by atoms with Gasteiger partial charge in [0.05, 0.1) is 32.3 Å². The molecule has 0 bridgehead atoms. The van der Waals surface area contributed by atoms with Crippen molar-refractivity contribution in [1.29, 1.82) is 0 Å². The molecule has 1 fully saturated rings. The number of carbonyl (C=O) groups excluding carboxylic acids is 1. The van der Waals surface area contributed by atoms with Gasteiger partial charge < -0.3 is 15.7 Å². The number of aliphatic hydroxyl groups is 1. The molecule has 1 saturated heterocycles. The number of nitrogens with one attached hydrogen (secondary N) is 2. The number of β-amino-alcohol motifs (C(OH)–C–C–N with tert-alkyl or cyclic N) is 1. The number of likely N-dealkylation sites (tertiary alicyclic amines) is 1. The van der Waals surface area contributed by atoms with Crippen LogP contribution in [-0.4, -0.2) is 56.2 Å².